The van der Waals surface area contributed by atoms with Crippen molar-refractivity contribution in [2.24, 2.45) is 16.9 Å². The maximum absolute atomic E-state index is 14.1. The van der Waals surface area contributed by atoms with Gasteiger partial charge in [-0.3, -0.25) is 33.7 Å². The molecule has 0 radical (unpaired) electrons. The highest BCUT2D eigenvalue weighted by Crippen LogP contribution is 2.39. The largest absolute Gasteiger partial charge is 0.391 e. The molecule has 7 rings (SSSR count). The molecule has 1 fully saturated rings. The molecule has 0 bridgehead atoms. The summed E-state index contributed by atoms with van der Waals surface area (Å²) in [6, 6.07) is 17.5. The average molecular weight is 975 g/mol. The molecular weight excluding hydrogens is 909 g/mol. The smallest absolute Gasteiger partial charge is 0.246 e. The number of nitrogens with two attached hydrogens (primary N) is 2. The summed E-state index contributed by atoms with van der Waals surface area (Å²) in [6.07, 6.45) is 4.83. The molecule has 372 valence electrons. The van der Waals surface area contributed by atoms with Crippen LogP contribution in [-0.4, -0.2) is 99.4 Å². The number of nitrogens with one attached hydrogen (secondary N) is 3. The van der Waals surface area contributed by atoms with Gasteiger partial charge in [0.25, 0.3) is 0 Å². The number of primary amides is 1. The second kappa shape index (κ2) is 22.7. The van der Waals surface area contributed by atoms with Crippen molar-refractivity contribution in [3.63, 3.8) is 0 Å². The number of hydrogen-bond donors (Lipinski definition) is 6. The van der Waals surface area contributed by atoms with Crippen molar-refractivity contribution in [3.8, 4) is 10.4 Å². The number of para-hydroxylation sites is 1. The van der Waals surface area contributed by atoms with Crippen molar-refractivity contribution in [1.29, 1.82) is 0 Å². The summed E-state index contributed by atoms with van der Waals surface area (Å²) in [4.78, 5) is 88.4. The number of anilines is 1. The van der Waals surface area contributed by atoms with Crippen molar-refractivity contribution in [2.45, 2.75) is 142 Å². The first-order valence-corrected chi connectivity index (χ1v) is 25.0. The molecule has 70 heavy (non-hydrogen) atoms. The van der Waals surface area contributed by atoms with Gasteiger partial charge in [0.2, 0.25) is 35.4 Å². The van der Waals surface area contributed by atoms with Gasteiger partial charge in [0.05, 0.1) is 52.7 Å². The van der Waals surface area contributed by atoms with E-state index in [-0.39, 0.29) is 69.0 Å². The fourth-order valence-corrected chi connectivity index (χ4v) is 10.2. The fraction of sp³-hybridized carbons (Fsp3) is 0.453. The lowest BCUT2D eigenvalue weighted by atomic mass is 9.85. The number of aliphatic hydroxyl groups is 1. The number of aryl methyl sites for hydroxylation is 2. The number of carbonyl (C=O) groups is 6. The molecule has 16 nitrogen and oxygen atoms in total. The van der Waals surface area contributed by atoms with Crippen LogP contribution >= 0.6 is 11.3 Å². The highest BCUT2D eigenvalue weighted by atomic mass is 32.1. The van der Waals surface area contributed by atoms with Gasteiger partial charge in [-0.15, -0.1) is 11.3 Å². The summed E-state index contributed by atoms with van der Waals surface area (Å²) in [6.45, 7) is 9.81. The maximum atomic E-state index is 14.1. The Bertz CT molecular complexity index is 2570. The van der Waals surface area contributed by atoms with Crippen LogP contribution in [0.1, 0.15) is 99.7 Å². The van der Waals surface area contributed by atoms with Gasteiger partial charge in [0.15, 0.2) is 0 Å². The van der Waals surface area contributed by atoms with Crippen molar-refractivity contribution in [1.82, 2.24) is 25.8 Å². The Balaban J connectivity index is 0.878. The number of ether oxygens (including phenoxy) is 1. The van der Waals surface area contributed by atoms with Gasteiger partial charge in [0, 0.05) is 38.8 Å². The van der Waals surface area contributed by atoms with Gasteiger partial charge in [-0.25, -0.2) is 4.98 Å². The Morgan fingerprint density at radius 2 is 1.67 bits per heavy atom. The van der Waals surface area contributed by atoms with Crippen molar-refractivity contribution in [2.75, 3.05) is 11.4 Å². The lowest BCUT2D eigenvalue weighted by Gasteiger charge is -2.35. The van der Waals surface area contributed by atoms with E-state index >= 15 is 0 Å². The quantitative estimate of drug-likeness (QED) is 0.0763. The van der Waals surface area contributed by atoms with E-state index in [4.69, 9.17) is 16.2 Å². The predicted molar refractivity (Wildman–Crippen MR) is 269 cm³/mol. The molecular formula is C53H66N8O8S. The van der Waals surface area contributed by atoms with Gasteiger partial charge >= 0.3 is 0 Å². The van der Waals surface area contributed by atoms with E-state index in [9.17, 15) is 33.9 Å². The van der Waals surface area contributed by atoms with Gasteiger partial charge in [-0.05, 0) is 78.3 Å². The van der Waals surface area contributed by atoms with Crippen LogP contribution in [0.3, 0.4) is 0 Å². The Kier molecular flexibility index (Phi) is 16.7. The first-order valence-electron chi connectivity index (χ1n) is 24.1. The number of aromatic nitrogens is 1. The minimum Gasteiger partial charge on any atom is -0.391 e. The zero-order valence-corrected chi connectivity index (χ0v) is 41.4. The van der Waals surface area contributed by atoms with E-state index in [0.29, 0.717) is 25.7 Å². The minimum absolute atomic E-state index is 0.0130. The van der Waals surface area contributed by atoms with Crippen LogP contribution in [-0.2, 0) is 59.5 Å². The predicted octanol–water partition coefficient (Wildman–Crippen LogP) is 4.61. The van der Waals surface area contributed by atoms with E-state index in [1.54, 1.807) is 16.2 Å². The number of hydrogen-bond acceptors (Lipinski definition) is 11. The number of likely N-dealkylation sites (tertiary alicyclic amines) is 1. The van der Waals surface area contributed by atoms with Crippen LogP contribution in [0.2, 0.25) is 0 Å². The van der Waals surface area contributed by atoms with Crippen LogP contribution in [0.4, 0.5) is 5.69 Å². The molecule has 0 aliphatic carbocycles. The van der Waals surface area contributed by atoms with Crippen LogP contribution in [0.25, 0.3) is 16.5 Å². The fourth-order valence-electron chi connectivity index (χ4n) is 9.38. The summed E-state index contributed by atoms with van der Waals surface area (Å²) in [5.74, 6) is -2.23. The molecule has 17 heteroatoms. The molecule has 0 spiro atoms. The van der Waals surface area contributed by atoms with Crippen LogP contribution in [0.15, 0.2) is 78.3 Å². The van der Waals surface area contributed by atoms with Gasteiger partial charge in [-0.2, -0.15) is 0 Å². The number of amides is 6. The maximum Gasteiger partial charge on any atom is 0.246 e. The number of β-amino-alcohol motifs (C(OH)–C–C–N with tert-alkyl or cyclic N) is 1. The second-order valence-electron chi connectivity index (χ2n) is 19.8. The third kappa shape index (κ3) is 12.5. The minimum atomic E-state index is -0.933. The Morgan fingerprint density at radius 1 is 0.957 bits per heavy atom. The van der Waals surface area contributed by atoms with E-state index in [1.807, 2.05) is 119 Å². The van der Waals surface area contributed by atoms with Gasteiger partial charge in [-0.1, -0.05) is 99.7 Å². The monoisotopic (exact) mass is 974 g/mol. The van der Waals surface area contributed by atoms with Gasteiger partial charge < -0.3 is 42.2 Å². The Labute approximate surface area is 413 Å². The number of nitrogens with zero attached hydrogens (tertiary/aromatic N) is 3. The third-order valence-electron chi connectivity index (χ3n) is 13.4. The summed E-state index contributed by atoms with van der Waals surface area (Å²) < 4.78 is 6.23. The number of aliphatic hydroxyl groups excluding tert-OH is 1. The van der Waals surface area contributed by atoms with Crippen LogP contribution < -0.4 is 32.3 Å². The Hall–Kier alpha value is -6.27. The number of rotatable bonds is 19. The first-order chi connectivity index (χ1) is 33.4. The lowest BCUT2D eigenvalue weighted by molar-refractivity contribution is -0.144. The Morgan fingerprint density at radius 3 is 2.36 bits per heavy atom. The molecule has 6 amide bonds. The molecule has 0 unspecified atom stereocenters. The molecule has 1 saturated heterocycles. The summed E-state index contributed by atoms with van der Waals surface area (Å²) in [5, 5.41) is 19.5. The summed E-state index contributed by atoms with van der Waals surface area (Å²) in [5.41, 5.74) is 20.2. The highest BCUT2D eigenvalue weighted by molar-refractivity contribution is 7.13. The second-order valence-corrected chi connectivity index (χ2v) is 20.6. The molecule has 0 saturated carbocycles. The summed E-state index contributed by atoms with van der Waals surface area (Å²) in [7, 11) is 0. The van der Waals surface area contributed by atoms with E-state index in [1.165, 1.54) is 4.90 Å². The molecule has 3 aliphatic heterocycles. The molecule has 8 N–H and O–H groups in total. The van der Waals surface area contributed by atoms with Crippen molar-refractivity contribution >= 4 is 58.5 Å². The number of thiazole rings is 1. The molecule has 3 aromatic carbocycles. The number of carbonyl (C=O) groups excluding carboxylic acids is 6. The first kappa shape index (κ1) is 51.6. The van der Waals surface area contributed by atoms with E-state index in [2.05, 4.69) is 20.9 Å². The zero-order valence-electron chi connectivity index (χ0n) is 40.6. The normalized spacial score (nSPS) is 20.1. The molecule has 4 heterocycles. The summed E-state index contributed by atoms with van der Waals surface area (Å²) >= 11 is 1.57. The number of allylic oxidation sites excluding steroid dienone is 1. The molecule has 7 atom stereocenters. The standard InChI is InChI=1S/C53H66N8O8S/c1-31-47(70-30-57-31)37-19-17-34(18-20-37)27-56-49(65)42-26-39(62)28-60(42)52(68)48(53(3,4)5)59-45(64)12-7-6-9-33-13-15-35(16-14-33)29-69-32(2)41(23-24-44(55)63)58-50(66)43-25-38-11-8-10-36-21-22-40(54)51(67)61(43)46(36)38/h6,8-11,13-20,30,32,39-43,48,62H,7,12,21-29,54H2,1-5H3,(H2,55,63)(H,56,65)(H,58,66)(H,59,64)/b9-6+/t32-,39-,40+,41+,42+,43+,48-/m1/s1. The molecule has 4 aromatic rings. The topological polar surface area (TPSA) is 239 Å². The van der Waals surface area contributed by atoms with Crippen molar-refractivity contribution < 1.29 is 38.6 Å². The third-order valence-corrected chi connectivity index (χ3v) is 14.4. The number of benzene rings is 3. The van der Waals surface area contributed by atoms with Crippen molar-refractivity contribution in [3.05, 3.63) is 112 Å². The van der Waals surface area contributed by atoms with Crippen LogP contribution in [0.5, 0.6) is 0 Å². The van der Waals surface area contributed by atoms with E-state index in [0.717, 1.165) is 49.6 Å². The van der Waals surface area contributed by atoms with Crippen LogP contribution in [0, 0.1) is 12.3 Å². The van der Waals surface area contributed by atoms with Gasteiger partial charge in [0.1, 0.15) is 18.1 Å². The highest BCUT2D eigenvalue weighted by Gasteiger charge is 2.45. The lowest BCUT2D eigenvalue weighted by Crippen LogP contribution is -2.57. The molecule has 1 aromatic heterocycles. The van der Waals surface area contributed by atoms with E-state index < -0.39 is 59.6 Å². The zero-order chi connectivity index (χ0) is 50.3. The SMILES string of the molecule is Cc1ncsc1-c1ccc(CNC(=O)[C@@H]2C[C@@H](O)CN2C(=O)[C@@H](NC(=O)CC/C=C/c2ccc(CO[C@H](C)[C@H](CCC(N)=O)NC(=O)[C@@H]3Cc4cccc5c4N3C(=O)[C@@H](N)CC5)cc2)C(C)(C)C)cc1. The molecule has 3 aliphatic rings. The average Bonchev–Trinajstić information content (AvgIpc) is 4.05.